The highest BCUT2D eigenvalue weighted by molar-refractivity contribution is 6.13. The first-order valence-electron chi connectivity index (χ1n) is 7.26. The SMILES string of the molecule is CCC1(CC)Cc2ccccc2[C@H]1N1C(=O)C=CC1=O. The third-order valence-corrected chi connectivity index (χ3v) is 4.98. The van der Waals surface area contributed by atoms with Gasteiger partial charge >= 0.3 is 0 Å². The summed E-state index contributed by atoms with van der Waals surface area (Å²) in [5.74, 6) is -0.356. The molecule has 1 aromatic carbocycles. The molecule has 3 nitrogen and oxygen atoms in total. The normalized spacial score (nSPS) is 23.5. The molecule has 0 radical (unpaired) electrons. The number of amides is 2. The molecule has 2 amide bonds. The average Bonchev–Trinajstić information content (AvgIpc) is 2.96. The molecule has 1 aliphatic carbocycles. The van der Waals surface area contributed by atoms with E-state index in [4.69, 9.17) is 0 Å². The lowest BCUT2D eigenvalue weighted by molar-refractivity contribution is -0.143. The summed E-state index contributed by atoms with van der Waals surface area (Å²) >= 11 is 0. The van der Waals surface area contributed by atoms with Crippen LogP contribution in [0.5, 0.6) is 0 Å². The third-order valence-electron chi connectivity index (χ3n) is 4.98. The highest BCUT2D eigenvalue weighted by Gasteiger charge is 2.49. The number of hydrogen-bond donors (Lipinski definition) is 0. The van der Waals surface area contributed by atoms with Crippen LogP contribution in [0.3, 0.4) is 0 Å². The maximum Gasteiger partial charge on any atom is 0.254 e. The Morgan fingerprint density at radius 1 is 1.10 bits per heavy atom. The first kappa shape index (κ1) is 13.1. The van der Waals surface area contributed by atoms with Crippen molar-refractivity contribution in [1.82, 2.24) is 4.90 Å². The number of imide groups is 1. The molecule has 1 heterocycles. The molecule has 1 aliphatic heterocycles. The summed E-state index contributed by atoms with van der Waals surface area (Å²) in [6, 6.07) is 8.08. The Kier molecular flexibility index (Phi) is 3.00. The van der Waals surface area contributed by atoms with E-state index in [9.17, 15) is 9.59 Å². The van der Waals surface area contributed by atoms with Gasteiger partial charge in [-0.2, -0.15) is 0 Å². The Morgan fingerprint density at radius 2 is 1.70 bits per heavy atom. The van der Waals surface area contributed by atoms with Crippen molar-refractivity contribution in [2.45, 2.75) is 39.2 Å². The van der Waals surface area contributed by atoms with Crippen molar-refractivity contribution in [3.63, 3.8) is 0 Å². The van der Waals surface area contributed by atoms with E-state index in [1.54, 1.807) is 0 Å². The minimum Gasteiger partial charge on any atom is -0.269 e. The van der Waals surface area contributed by atoms with Crippen LogP contribution in [0.1, 0.15) is 43.9 Å². The minimum atomic E-state index is -0.178. The van der Waals surface area contributed by atoms with Crippen LogP contribution in [-0.4, -0.2) is 16.7 Å². The van der Waals surface area contributed by atoms with Gasteiger partial charge < -0.3 is 0 Å². The van der Waals surface area contributed by atoms with E-state index in [0.29, 0.717) is 0 Å². The number of carbonyl (C=O) groups is 2. The zero-order valence-corrected chi connectivity index (χ0v) is 11.9. The number of hydrogen-bond acceptors (Lipinski definition) is 2. The molecule has 1 atom stereocenters. The van der Waals surface area contributed by atoms with Crippen molar-refractivity contribution in [1.29, 1.82) is 0 Å². The lowest BCUT2D eigenvalue weighted by Gasteiger charge is -2.38. The molecule has 3 rings (SSSR count). The quantitative estimate of drug-likeness (QED) is 0.791. The maximum absolute atomic E-state index is 12.1. The molecule has 104 valence electrons. The summed E-state index contributed by atoms with van der Waals surface area (Å²) in [7, 11) is 0. The van der Waals surface area contributed by atoms with Crippen LogP contribution >= 0.6 is 0 Å². The summed E-state index contributed by atoms with van der Waals surface area (Å²) in [4.78, 5) is 25.7. The largest absolute Gasteiger partial charge is 0.269 e. The molecule has 0 fully saturated rings. The molecular weight excluding hydrogens is 250 g/mol. The predicted molar refractivity (Wildman–Crippen MR) is 76.9 cm³/mol. The zero-order chi connectivity index (χ0) is 14.3. The fourth-order valence-corrected chi connectivity index (χ4v) is 3.73. The van der Waals surface area contributed by atoms with E-state index in [-0.39, 0.29) is 23.3 Å². The van der Waals surface area contributed by atoms with Crippen molar-refractivity contribution >= 4 is 11.8 Å². The molecule has 0 bridgehead atoms. The Bertz CT molecular complexity index is 581. The summed E-state index contributed by atoms with van der Waals surface area (Å²) in [6.45, 7) is 4.31. The predicted octanol–water partition coefficient (Wildman–Crippen LogP) is 3.02. The summed E-state index contributed by atoms with van der Waals surface area (Å²) < 4.78 is 0. The van der Waals surface area contributed by atoms with Crippen LogP contribution in [0.2, 0.25) is 0 Å². The van der Waals surface area contributed by atoms with Crippen LogP contribution in [0.15, 0.2) is 36.4 Å². The summed E-state index contributed by atoms with van der Waals surface area (Å²) in [5.41, 5.74) is 2.39. The second-order valence-electron chi connectivity index (χ2n) is 5.73. The van der Waals surface area contributed by atoms with Crippen LogP contribution in [-0.2, 0) is 16.0 Å². The van der Waals surface area contributed by atoms with Gasteiger partial charge in [-0.1, -0.05) is 38.1 Å². The Morgan fingerprint density at radius 3 is 2.30 bits per heavy atom. The standard InChI is InChI=1S/C17H19NO2/c1-3-17(4-2)11-12-7-5-6-8-13(12)16(17)18-14(19)9-10-15(18)20/h5-10,16H,3-4,11H2,1-2H3/t16-/m1/s1. The van der Waals surface area contributed by atoms with E-state index < -0.39 is 0 Å². The molecule has 0 unspecified atom stereocenters. The molecule has 0 N–H and O–H groups in total. The van der Waals surface area contributed by atoms with Crippen LogP contribution in [0.25, 0.3) is 0 Å². The van der Waals surface area contributed by atoms with Gasteiger partial charge in [-0.25, -0.2) is 0 Å². The highest BCUT2D eigenvalue weighted by Crippen LogP contribution is 2.53. The second-order valence-corrected chi connectivity index (χ2v) is 5.73. The lowest BCUT2D eigenvalue weighted by atomic mass is 9.75. The second kappa shape index (κ2) is 4.58. The third kappa shape index (κ3) is 1.65. The van der Waals surface area contributed by atoms with E-state index in [0.717, 1.165) is 24.8 Å². The van der Waals surface area contributed by atoms with Crippen molar-refractivity contribution < 1.29 is 9.59 Å². The molecule has 1 aromatic rings. The first-order valence-corrected chi connectivity index (χ1v) is 7.26. The molecule has 0 saturated heterocycles. The van der Waals surface area contributed by atoms with Gasteiger partial charge in [-0.3, -0.25) is 14.5 Å². The van der Waals surface area contributed by atoms with Gasteiger partial charge in [0.2, 0.25) is 0 Å². The topological polar surface area (TPSA) is 37.4 Å². The van der Waals surface area contributed by atoms with Crippen molar-refractivity contribution in [2.75, 3.05) is 0 Å². The number of carbonyl (C=O) groups excluding carboxylic acids is 2. The smallest absolute Gasteiger partial charge is 0.254 e. The summed E-state index contributed by atoms with van der Waals surface area (Å²) in [5, 5.41) is 0. The highest BCUT2D eigenvalue weighted by atomic mass is 16.2. The fourth-order valence-electron chi connectivity index (χ4n) is 3.73. The summed E-state index contributed by atoms with van der Waals surface area (Å²) in [6.07, 6.45) is 5.64. The molecule has 20 heavy (non-hydrogen) atoms. The van der Waals surface area contributed by atoms with Gasteiger partial charge in [0.05, 0.1) is 6.04 Å². The number of rotatable bonds is 3. The van der Waals surface area contributed by atoms with E-state index >= 15 is 0 Å². The minimum absolute atomic E-state index is 0.0268. The molecule has 2 aliphatic rings. The zero-order valence-electron chi connectivity index (χ0n) is 11.9. The molecule has 3 heteroatoms. The average molecular weight is 269 g/mol. The molecular formula is C17H19NO2. The van der Waals surface area contributed by atoms with Gasteiger partial charge in [-0.15, -0.1) is 0 Å². The number of benzene rings is 1. The Labute approximate surface area is 119 Å². The molecule has 0 spiro atoms. The van der Waals surface area contributed by atoms with Gasteiger partial charge in [0.15, 0.2) is 0 Å². The van der Waals surface area contributed by atoms with Crippen molar-refractivity contribution in [3.8, 4) is 0 Å². The Hall–Kier alpha value is -1.90. The van der Waals surface area contributed by atoms with Crippen molar-refractivity contribution in [3.05, 3.63) is 47.5 Å². The van der Waals surface area contributed by atoms with Crippen molar-refractivity contribution in [2.24, 2.45) is 5.41 Å². The number of nitrogens with zero attached hydrogens (tertiary/aromatic N) is 1. The number of fused-ring (bicyclic) bond motifs is 1. The van der Waals surface area contributed by atoms with Gasteiger partial charge in [0.25, 0.3) is 11.8 Å². The van der Waals surface area contributed by atoms with E-state index in [2.05, 4.69) is 26.0 Å². The van der Waals surface area contributed by atoms with E-state index in [1.807, 2.05) is 12.1 Å². The van der Waals surface area contributed by atoms with Crippen LogP contribution in [0.4, 0.5) is 0 Å². The van der Waals surface area contributed by atoms with Gasteiger partial charge in [0.1, 0.15) is 0 Å². The van der Waals surface area contributed by atoms with Gasteiger partial charge in [-0.05, 0) is 35.8 Å². The molecule has 0 saturated carbocycles. The van der Waals surface area contributed by atoms with Crippen LogP contribution < -0.4 is 0 Å². The Balaban J connectivity index is 2.13. The first-order chi connectivity index (χ1) is 9.63. The molecule has 0 aromatic heterocycles. The van der Waals surface area contributed by atoms with Crippen LogP contribution in [0, 0.1) is 5.41 Å². The van der Waals surface area contributed by atoms with E-state index in [1.165, 1.54) is 22.6 Å². The van der Waals surface area contributed by atoms with Gasteiger partial charge in [0, 0.05) is 12.2 Å². The lowest BCUT2D eigenvalue weighted by Crippen LogP contribution is -2.42. The monoisotopic (exact) mass is 269 g/mol. The maximum atomic E-state index is 12.1. The fraction of sp³-hybridized carbons (Fsp3) is 0.412.